The first-order chi connectivity index (χ1) is 7.20. The summed E-state index contributed by atoms with van der Waals surface area (Å²) in [5, 5.41) is 0. The monoisotopic (exact) mass is 201 g/mol. The quantitative estimate of drug-likeness (QED) is 0.648. The topological polar surface area (TPSA) is 37.4 Å². The van der Waals surface area contributed by atoms with Crippen molar-refractivity contribution in [2.45, 2.75) is 19.4 Å². The van der Waals surface area contributed by atoms with Crippen molar-refractivity contribution in [2.24, 2.45) is 5.92 Å². The Morgan fingerprint density at radius 1 is 1.13 bits per heavy atom. The molecule has 0 spiro atoms. The molecular formula is C12H11NO2. The van der Waals surface area contributed by atoms with Crippen LogP contribution in [-0.2, 0) is 0 Å². The summed E-state index contributed by atoms with van der Waals surface area (Å²) in [4.78, 5) is 25.3. The third-order valence-corrected chi connectivity index (χ3v) is 3.22. The second kappa shape index (κ2) is 2.69. The minimum Gasteiger partial charge on any atom is -0.271 e. The van der Waals surface area contributed by atoms with Gasteiger partial charge < -0.3 is 0 Å². The van der Waals surface area contributed by atoms with Crippen LogP contribution in [-0.4, -0.2) is 22.8 Å². The zero-order chi connectivity index (χ0) is 10.6. The van der Waals surface area contributed by atoms with E-state index in [1.807, 2.05) is 0 Å². The first-order valence-corrected chi connectivity index (χ1v) is 5.17. The molecule has 0 N–H and O–H groups in total. The van der Waals surface area contributed by atoms with Crippen LogP contribution in [0.4, 0.5) is 0 Å². The van der Waals surface area contributed by atoms with Gasteiger partial charge in [0.1, 0.15) is 0 Å². The van der Waals surface area contributed by atoms with Gasteiger partial charge in [0.2, 0.25) is 0 Å². The lowest BCUT2D eigenvalue weighted by Gasteiger charge is -2.12. The Labute approximate surface area is 87.7 Å². The van der Waals surface area contributed by atoms with E-state index in [-0.39, 0.29) is 17.9 Å². The summed E-state index contributed by atoms with van der Waals surface area (Å²) in [6.07, 6.45) is 0.950. The van der Waals surface area contributed by atoms with Gasteiger partial charge in [0, 0.05) is 6.04 Å². The summed E-state index contributed by atoms with van der Waals surface area (Å²) >= 11 is 0. The first-order valence-electron chi connectivity index (χ1n) is 5.17. The van der Waals surface area contributed by atoms with Crippen molar-refractivity contribution in [3.63, 3.8) is 0 Å². The summed E-state index contributed by atoms with van der Waals surface area (Å²) < 4.78 is 0. The fourth-order valence-corrected chi connectivity index (χ4v) is 2.17. The summed E-state index contributed by atoms with van der Waals surface area (Å²) in [5.41, 5.74) is 1.11. The van der Waals surface area contributed by atoms with Crippen LogP contribution in [0.25, 0.3) is 0 Å². The maximum absolute atomic E-state index is 11.9. The van der Waals surface area contributed by atoms with E-state index in [9.17, 15) is 9.59 Å². The predicted octanol–water partition coefficient (Wildman–Crippen LogP) is 1.69. The number of carbonyl (C=O) groups is 2. The molecule has 3 rings (SSSR count). The third kappa shape index (κ3) is 1.06. The van der Waals surface area contributed by atoms with Crippen molar-refractivity contribution in [2.75, 3.05) is 0 Å². The summed E-state index contributed by atoms with van der Waals surface area (Å²) in [6, 6.07) is 7.18. The molecule has 2 aliphatic rings. The zero-order valence-electron chi connectivity index (χ0n) is 8.43. The molecular weight excluding hydrogens is 190 g/mol. The number of benzene rings is 1. The fraction of sp³-hybridized carbons (Fsp3) is 0.333. The molecule has 15 heavy (non-hydrogen) atoms. The molecule has 0 radical (unpaired) electrons. The number of imide groups is 1. The maximum atomic E-state index is 11.9. The van der Waals surface area contributed by atoms with E-state index >= 15 is 0 Å². The maximum Gasteiger partial charge on any atom is 0.261 e. The third-order valence-electron chi connectivity index (χ3n) is 3.22. The average molecular weight is 201 g/mol. The van der Waals surface area contributed by atoms with E-state index in [0.717, 1.165) is 6.42 Å². The van der Waals surface area contributed by atoms with Gasteiger partial charge in [0.25, 0.3) is 11.8 Å². The molecule has 0 saturated heterocycles. The number of hydrogen-bond donors (Lipinski definition) is 0. The number of hydrogen-bond acceptors (Lipinski definition) is 2. The normalized spacial score (nSPS) is 28.2. The van der Waals surface area contributed by atoms with Crippen molar-refractivity contribution < 1.29 is 9.59 Å². The summed E-state index contributed by atoms with van der Waals surface area (Å²) in [5.74, 6) is 0.224. The van der Waals surface area contributed by atoms with Crippen LogP contribution in [0.2, 0.25) is 0 Å². The molecule has 1 aliphatic carbocycles. The molecule has 1 aromatic rings. The molecule has 3 nitrogen and oxygen atoms in total. The highest BCUT2D eigenvalue weighted by molar-refractivity contribution is 6.21. The lowest BCUT2D eigenvalue weighted by molar-refractivity contribution is 0.0635. The van der Waals surface area contributed by atoms with Gasteiger partial charge in [0.15, 0.2) is 0 Å². The van der Waals surface area contributed by atoms with Crippen LogP contribution >= 0.6 is 0 Å². The lowest BCUT2D eigenvalue weighted by atomic mass is 10.1. The van der Waals surface area contributed by atoms with Crippen LogP contribution in [0.15, 0.2) is 24.3 Å². The van der Waals surface area contributed by atoms with E-state index in [2.05, 4.69) is 6.92 Å². The Balaban J connectivity index is 2.05. The smallest absolute Gasteiger partial charge is 0.261 e. The Hall–Kier alpha value is -1.64. The van der Waals surface area contributed by atoms with Gasteiger partial charge in [-0.3, -0.25) is 14.5 Å². The Morgan fingerprint density at radius 3 is 2.00 bits per heavy atom. The molecule has 76 valence electrons. The summed E-state index contributed by atoms with van der Waals surface area (Å²) in [6.45, 7) is 2.06. The van der Waals surface area contributed by atoms with Gasteiger partial charge in [-0.15, -0.1) is 0 Å². The van der Waals surface area contributed by atoms with E-state index < -0.39 is 0 Å². The first kappa shape index (κ1) is 8.65. The van der Waals surface area contributed by atoms with Gasteiger partial charge in [-0.2, -0.15) is 0 Å². The van der Waals surface area contributed by atoms with Crippen molar-refractivity contribution in [1.29, 1.82) is 0 Å². The molecule has 2 atom stereocenters. The van der Waals surface area contributed by atoms with Crippen LogP contribution in [0, 0.1) is 5.92 Å². The van der Waals surface area contributed by atoms with Crippen molar-refractivity contribution >= 4 is 11.8 Å². The molecule has 3 heteroatoms. The second-order valence-electron chi connectivity index (χ2n) is 4.31. The van der Waals surface area contributed by atoms with Gasteiger partial charge in [-0.25, -0.2) is 0 Å². The molecule has 1 aromatic carbocycles. The van der Waals surface area contributed by atoms with Crippen LogP contribution in [0.3, 0.4) is 0 Å². The Bertz CT molecular complexity index is 431. The Kier molecular flexibility index (Phi) is 1.55. The van der Waals surface area contributed by atoms with Crippen LogP contribution in [0.5, 0.6) is 0 Å². The van der Waals surface area contributed by atoms with Crippen LogP contribution in [0.1, 0.15) is 34.1 Å². The SMILES string of the molecule is C[C@@H]1C[C@@H]1N1C(=O)c2ccccc2C1=O. The lowest BCUT2D eigenvalue weighted by Crippen LogP contribution is -2.32. The number of rotatable bonds is 1. The van der Waals surface area contributed by atoms with E-state index in [1.165, 1.54) is 4.90 Å². The molecule has 1 fully saturated rings. The molecule has 2 amide bonds. The number of amides is 2. The highest BCUT2D eigenvalue weighted by atomic mass is 16.2. The number of carbonyl (C=O) groups excluding carboxylic acids is 2. The van der Waals surface area contributed by atoms with E-state index in [0.29, 0.717) is 17.0 Å². The molecule has 1 saturated carbocycles. The zero-order valence-corrected chi connectivity index (χ0v) is 8.43. The number of nitrogens with zero attached hydrogens (tertiary/aromatic N) is 1. The van der Waals surface area contributed by atoms with Gasteiger partial charge in [-0.05, 0) is 24.5 Å². The van der Waals surface area contributed by atoms with Gasteiger partial charge in [-0.1, -0.05) is 19.1 Å². The van der Waals surface area contributed by atoms with E-state index in [1.54, 1.807) is 24.3 Å². The Morgan fingerprint density at radius 2 is 1.60 bits per heavy atom. The van der Waals surface area contributed by atoms with E-state index in [4.69, 9.17) is 0 Å². The van der Waals surface area contributed by atoms with Crippen LogP contribution < -0.4 is 0 Å². The highest BCUT2D eigenvalue weighted by Crippen LogP contribution is 2.39. The fourth-order valence-electron chi connectivity index (χ4n) is 2.17. The predicted molar refractivity (Wildman–Crippen MR) is 54.5 cm³/mol. The second-order valence-corrected chi connectivity index (χ2v) is 4.31. The molecule has 0 unspecified atom stereocenters. The minimum atomic E-state index is -0.120. The van der Waals surface area contributed by atoms with Gasteiger partial charge >= 0.3 is 0 Å². The highest BCUT2D eigenvalue weighted by Gasteiger charge is 2.48. The number of fused-ring (bicyclic) bond motifs is 1. The molecule has 0 bridgehead atoms. The standard InChI is InChI=1S/C12H11NO2/c1-7-6-10(7)13-11(14)8-4-2-3-5-9(8)12(13)15/h2-5,7,10H,6H2,1H3/t7-,10+/m1/s1. The largest absolute Gasteiger partial charge is 0.271 e. The average Bonchev–Trinajstić information content (AvgIpc) is 2.89. The molecule has 1 heterocycles. The summed E-state index contributed by atoms with van der Waals surface area (Å²) in [7, 11) is 0. The van der Waals surface area contributed by atoms with Gasteiger partial charge in [0.05, 0.1) is 11.1 Å². The molecule has 0 aromatic heterocycles. The van der Waals surface area contributed by atoms with Crippen molar-refractivity contribution in [3.8, 4) is 0 Å². The minimum absolute atomic E-state index is 0.120. The van der Waals surface area contributed by atoms with Crippen molar-refractivity contribution in [3.05, 3.63) is 35.4 Å². The van der Waals surface area contributed by atoms with Crippen molar-refractivity contribution in [1.82, 2.24) is 4.90 Å². The molecule has 1 aliphatic heterocycles.